The Balaban J connectivity index is 2.14. The summed E-state index contributed by atoms with van der Waals surface area (Å²) in [6, 6.07) is 10.1. The summed E-state index contributed by atoms with van der Waals surface area (Å²) in [4.78, 5) is 14.5. The Hall–Kier alpha value is -1.41. The van der Waals surface area contributed by atoms with Gasteiger partial charge in [0.2, 0.25) is 0 Å². The number of ketones is 1. The molecule has 1 atom stereocenters. The van der Waals surface area contributed by atoms with Gasteiger partial charge in [0, 0.05) is 12.5 Å². The van der Waals surface area contributed by atoms with Gasteiger partial charge in [-0.3, -0.25) is 4.79 Å². The summed E-state index contributed by atoms with van der Waals surface area (Å²) in [5.74, 6) is 0.530. The summed E-state index contributed by atoms with van der Waals surface area (Å²) in [6.45, 7) is 0.866. The summed E-state index contributed by atoms with van der Waals surface area (Å²) >= 11 is 0. The van der Waals surface area contributed by atoms with Crippen molar-refractivity contribution in [3.05, 3.63) is 41.5 Å². The second kappa shape index (κ2) is 5.96. The molecule has 1 fully saturated rings. The standard InChI is InChI=1S/C16H21NO/c1-17(2)12-15-10-6-9-14(16(15)18)11-13-7-4-3-5-8-13/h3-5,7-8,11,15H,6,9-10,12H2,1-2H3/b14-11-/t15-/m1/s1. The molecule has 0 bridgehead atoms. The fraction of sp³-hybridized carbons (Fsp3) is 0.438. The van der Waals surface area contributed by atoms with E-state index in [4.69, 9.17) is 0 Å². The first-order chi connectivity index (χ1) is 8.66. The van der Waals surface area contributed by atoms with E-state index in [1.54, 1.807) is 0 Å². The van der Waals surface area contributed by atoms with Crippen LogP contribution in [-0.2, 0) is 4.79 Å². The van der Waals surface area contributed by atoms with Gasteiger partial charge in [-0.15, -0.1) is 0 Å². The molecule has 18 heavy (non-hydrogen) atoms. The molecule has 0 radical (unpaired) electrons. The van der Waals surface area contributed by atoms with Gasteiger partial charge in [0.05, 0.1) is 0 Å². The lowest BCUT2D eigenvalue weighted by Crippen LogP contribution is -2.31. The molecule has 0 unspecified atom stereocenters. The summed E-state index contributed by atoms with van der Waals surface area (Å²) < 4.78 is 0. The van der Waals surface area contributed by atoms with E-state index in [1.807, 2.05) is 32.3 Å². The van der Waals surface area contributed by atoms with Crippen molar-refractivity contribution in [1.29, 1.82) is 0 Å². The number of allylic oxidation sites excluding steroid dienone is 1. The number of benzene rings is 1. The van der Waals surface area contributed by atoms with Crippen LogP contribution in [0.15, 0.2) is 35.9 Å². The number of Topliss-reactive ketones (excluding diaryl/α,β-unsaturated/α-hetero) is 1. The zero-order chi connectivity index (χ0) is 13.0. The van der Waals surface area contributed by atoms with Gasteiger partial charge in [-0.25, -0.2) is 0 Å². The first-order valence-electron chi connectivity index (χ1n) is 6.61. The van der Waals surface area contributed by atoms with Crippen molar-refractivity contribution in [3.8, 4) is 0 Å². The minimum atomic E-state index is 0.184. The molecule has 0 amide bonds. The van der Waals surface area contributed by atoms with E-state index >= 15 is 0 Å². The third-order valence-electron chi connectivity index (χ3n) is 3.41. The lowest BCUT2D eigenvalue weighted by Gasteiger charge is -2.25. The zero-order valence-electron chi connectivity index (χ0n) is 11.2. The van der Waals surface area contributed by atoms with Crippen molar-refractivity contribution in [2.75, 3.05) is 20.6 Å². The molecule has 1 saturated carbocycles. The van der Waals surface area contributed by atoms with Crippen molar-refractivity contribution in [1.82, 2.24) is 4.90 Å². The molecule has 1 aromatic carbocycles. The highest BCUT2D eigenvalue weighted by Crippen LogP contribution is 2.27. The van der Waals surface area contributed by atoms with Gasteiger partial charge < -0.3 is 4.90 Å². The minimum absolute atomic E-state index is 0.184. The van der Waals surface area contributed by atoms with E-state index in [9.17, 15) is 4.79 Å². The summed E-state index contributed by atoms with van der Waals surface area (Å²) in [7, 11) is 4.06. The normalized spacial score (nSPS) is 22.7. The molecule has 0 aliphatic heterocycles. The van der Waals surface area contributed by atoms with E-state index in [1.165, 1.54) is 0 Å². The molecule has 2 heteroatoms. The highest BCUT2D eigenvalue weighted by atomic mass is 16.1. The number of hydrogen-bond acceptors (Lipinski definition) is 2. The van der Waals surface area contributed by atoms with Crippen molar-refractivity contribution in [2.24, 2.45) is 5.92 Å². The van der Waals surface area contributed by atoms with Crippen molar-refractivity contribution >= 4 is 11.9 Å². The van der Waals surface area contributed by atoms with E-state index in [0.717, 1.165) is 36.9 Å². The third kappa shape index (κ3) is 3.30. The smallest absolute Gasteiger partial charge is 0.163 e. The van der Waals surface area contributed by atoms with Crippen LogP contribution in [0.5, 0.6) is 0 Å². The molecule has 0 spiro atoms. The van der Waals surface area contributed by atoms with Crippen molar-refractivity contribution in [2.45, 2.75) is 19.3 Å². The van der Waals surface area contributed by atoms with Gasteiger partial charge in [-0.2, -0.15) is 0 Å². The Kier molecular flexibility index (Phi) is 4.32. The van der Waals surface area contributed by atoms with E-state index < -0.39 is 0 Å². The highest BCUT2D eigenvalue weighted by molar-refractivity contribution is 6.01. The van der Waals surface area contributed by atoms with Crippen LogP contribution >= 0.6 is 0 Å². The summed E-state index contributed by atoms with van der Waals surface area (Å²) in [5.41, 5.74) is 2.13. The molecule has 1 aliphatic carbocycles. The Labute approximate surface area is 109 Å². The number of hydrogen-bond donors (Lipinski definition) is 0. The molecule has 96 valence electrons. The van der Waals surface area contributed by atoms with Gasteiger partial charge in [0.25, 0.3) is 0 Å². The predicted molar refractivity (Wildman–Crippen MR) is 75.3 cm³/mol. The van der Waals surface area contributed by atoms with Crippen LogP contribution < -0.4 is 0 Å². The predicted octanol–water partition coefficient (Wildman–Crippen LogP) is 3.00. The van der Waals surface area contributed by atoms with E-state index in [-0.39, 0.29) is 5.92 Å². The SMILES string of the molecule is CN(C)C[C@H]1CCC/C(=C/c2ccccc2)C1=O. The van der Waals surface area contributed by atoms with Crippen LogP contribution in [0.3, 0.4) is 0 Å². The molecule has 0 aromatic heterocycles. The van der Waals surface area contributed by atoms with Crippen LogP contribution in [0.2, 0.25) is 0 Å². The van der Waals surface area contributed by atoms with E-state index in [2.05, 4.69) is 23.1 Å². The molecule has 0 saturated heterocycles. The average molecular weight is 243 g/mol. The molecule has 0 heterocycles. The van der Waals surface area contributed by atoms with Crippen molar-refractivity contribution in [3.63, 3.8) is 0 Å². The van der Waals surface area contributed by atoms with Gasteiger partial charge >= 0.3 is 0 Å². The van der Waals surface area contributed by atoms with Crippen LogP contribution in [0, 0.1) is 5.92 Å². The molecule has 1 aromatic rings. The molecule has 2 rings (SSSR count). The first kappa shape index (κ1) is 13.0. The zero-order valence-corrected chi connectivity index (χ0v) is 11.2. The van der Waals surface area contributed by atoms with Crippen LogP contribution in [0.1, 0.15) is 24.8 Å². The maximum atomic E-state index is 12.4. The highest BCUT2D eigenvalue weighted by Gasteiger charge is 2.26. The Morgan fingerprint density at radius 1 is 1.28 bits per heavy atom. The second-order valence-electron chi connectivity index (χ2n) is 5.30. The van der Waals surface area contributed by atoms with E-state index in [0.29, 0.717) is 5.78 Å². The largest absolute Gasteiger partial charge is 0.309 e. The van der Waals surface area contributed by atoms with Crippen LogP contribution in [0.4, 0.5) is 0 Å². The van der Waals surface area contributed by atoms with Gasteiger partial charge in [0.1, 0.15) is 0 Å². The maximum absolute atomic E-state index is 12.4. The second-order valence-corrected chi connectivity index (χ2v) is 5.30. The third-order valence-corrected chi connectivity index (χ3v) is 3.41. The number of carbonyl (C=O) groups excluding carboxylic acids is 1. The Morgan fingerprint density at radius 2 is 2.00 bits per heavy atom. The van der Waals surface area contributed by atoms with Crippen LogP contribution in [0.25, 0.3) is 6.08 Å². The van der Waals surface area contributed by atoms with Crippen LogP contribution in [-0.4, -0.2) is 31.3 Å². The molecule has 0 N–H and O–H groups in total. The fourth-order valence-corrected chi connectivity index (χ4v) is 2.56. The Bertz CT molecular complexity index is 434. The lowest BCUT2D eigenvalue weighted by molar-refractivity contribution is -0.120. The summed E-state index contributed by atoms with van der Waals surface area (Å²) in [6.07, 6.45) is 5.15. The average Bonchev–Trinajstić information content (AvgIpc) is 2.35. The topological polar surface area (TPSA) is 20.3 Å². The summed E-state index contributed by atoms with van der Waals surface area (Å²) in [5, 5.41) is 0. The van der Waals surface area contributed by atoms with Gasteiger partial charge in [0.15, 0.2) is 5.78 Å². The molecular weight excluding hydrogens is 222 g/mol. The maximum Gasteiger partial charge on any atom is 0.163 e. The lowest BCUT2D eigenvalue weighted by atomic mass is 9.83. The molecule has 1 aliphatic rings. The molecular formula is C16H21NO. The number of rotatable bonds is 3. The molecule has 2 nitrogen and oxygen atoms in total. The number of carbonyl (C=O) groups is 1. The fourth-order valence-electron chi connectivity index (χ4n) is 2.56. The minimum Gasteiger partial charge on any atom is -0.309 e. The number of nitrogens with zero attached hydrogens (tertiary/aromatic N) is 1. The Morgan fingerprint density at radius 3 is 2.67 bits per heavy atom. The van der Waals surface area contributed by atoms with Crippen molar-refractivity contribution < 1.29 is 4.79 Å². The monoisotopic (exact) mass is 243 g/mol. The first-order valence-corrected chi connectivity index (χ1v) is 6.61. The quantitative estimate of drug-likeness (QED) is 0.761. The van der Waals surface area contributed by atoms with Gasteiger partial charge in [-0.1, -0.05) is 30.3 Å². The van der Waals surface area contributed by atoms with Gasteiger partial charge in [-0.05, 0) is 50.6 Å².